The Morgan fingerprint density at radius 2 is 1.79 bits per heavy atom. The zero-order valence-corrected chi connectivity index (χ0v) is 20.3. The van der Waals surface area contributed by atoms with Crippen LogP contribution in [-0.2, 0) is 22.9 Å². The second-order valence-electron chi connectivity index (χ2n) is 8.45. The van der Waals surface area contributed by atoms with Gasteiger partial charge in [-0.05, 0) is 61.3 Å². The Labute approximate surface area is 203 Å². The maximum absolute atomic E-state index is 13.8. The van der Waals surface area contributed by atoms with Crippen molar-refractivity contribution >= 4 is 37.3 Å². The Hall–Kier alpha value is -2.81. The van der Waals surface area contributed by atoms with Crippen molar-refractivity contribution in [3.63, 3.8) is 0 Å². The average Bonchev–Trinajstić information content (AvgIpc) is 3.17. The molecule has 5 nitrogen and oxygen atoms in total. The molecule has 0 atom stereocenters. The molecule has 4 aromatic rings. The van der Waals surface area contributed by atoms with Crippen LogP contribution in [0.1, 0.15) is 29.7 Å². The fraction of sp³-hybridized carbons (Fsp3) is 0.269. The van der Waals surface area contributed by atoms with Gasteiger partial charge in [0.1, 0.15) is 5.82 Å². The van der Waals surface area contributed by atoms with Crippen LogP contribution in [0.4, 0.5) is 9.52 Å². The molecule has 0 bridgehead atoms. The van der Waals surface area contributed by atoms with Crippen molar-refractivity contribution in [3.8, 4) is 11.3 Å². The lowest BCUT2D eigenvalue weighted by Crippen LogP contribution is -2.25. The van der Waals surface area contributed by atoms with E-state index in [1.807, 2.05) is 36.4 Å². The van der Waals surface area contributed by atoms with Crippen molar-refractivity contribution < 1.29 is 12.8 Å². The molecular formula is C26H26FN3O2S2. The minimum absolute atomic E-state index is 0.236. The van der Waals surface area contributed by atoms with Gasteiger partial charge in [0.15, 0.2) is 5.13 Å². The van der Waals surface area contributed by atoms with E-state index < -0.39 is 10.0 Å². The van der Waals surface area contributed by atoms with Gasteiger partial charge in [0.25, 0.3) is 0 Å². The van der Waals surface area contributed by atoms with Crippen molar-refractivity contribution in [1.82, 2.24) is 9.71 Å². The quantitative estimate of drug-likeness (QED) is 0.305. The fourth-order valence-corrected chi connectivity index (χ4v) is 6.74. The Balaban J connectivity index is 1.15. The van der Waals surface area contributed by atoms with Gasteiger partial charge in [-0.15, -0.1) is 11.3 Å². The molecule has 0 radical (unpaired) electrons. The number of anilines is 1. The maximum atomic E-state index is 13.8. The number of sulfonamides is 1. The number of unbranched alkanes of at least 4 members (excludes halogenated alkanes) is 1. The highest BCUT2D eigenvalue weighted by molar-refractivity contribution is 7.89. The molecule has 34 heavy (non-hydrogen) atoms. The predicted octanol–water partition coefficient (Wildman–Crippen LogP) is 5.76. The van der Waals surface area contributed by atoms with Gasteiger partial charge in [0.05, 0.1) is 10.6 Å². The molecule has 2 N–H and O–H groups in total. The number of hydrogen-bond donors (Lipinski definition) is 2. The SMILES string of the molecule is O=S(=O)(NCCCCNc1nc2c(s1)CCCc1ccc(F)cc1-2)c1cccc2ccccc12. The minimum Gasteiger partial charge on any atom is -0.361 e. The van der Waals surface area contributed by atoms with Gasteiger partial charge >= 0.3 is 0 Å². The van der Waals surface area contributed by atoms with Crippen LogP contribution in [0.2, 0.25) is 0 Å². The number of nitrogens with zero attached hydrogens (tertiary/aromatic N) is 1. The molecule has 0 aliphatic heterocycles. The van der Waals surface area contributed by atoms with Crippen molar-refractivity contribution in [2.75, 3.05) is 18.4 Å². The zero-order chi connectivity index (χ0) is 23.5. The maximum Gasteiger partial charge on any atom is 0.241 e. The first-order valence-corrected chi connectivity index (χ1v) is 13.8. The van der Waals surface area contributed by atoms with Crippen LogP contribution >= 0.6 is 11.3 Å². The largest absolute Gasteiger partial charge is 0.361 e. The zero-order valence-electron chi connectivity index (χ0n) is 18.7. The van der Waals surface area contributed by atoms with E-state index in [1.54, 1.807) is 29.5 Å². The van der Waals surface area contributed by atoms with Crippen LogP contribution in [0.25, 0.3) is 22.0 Å². The Morgan fingerprint density at radius 1 is 0.971 bits per heavy atom. The monoisotopic (exact) mass is 495 g/mol. The number of benzene rings is 3. The smallest absolute Gasteiger partial charge is 0.241 e. The van der Waals surface area contributed by atoms with Crippen molar-refractivity contribution in [3.05, 3.63) is 76.9 Å². The van der Waals surface area contributed by atoms with E-state index >= 15 is 0 Å². The molecule has 1 aromatic heterocycles. The Morgan fingerprint density at radius 3 is 2.71 bits per heavy atom. The molecule has 0 fully saturated rings. The number of fused-ring (bicyclic) bond motifs is 4. The second kappa shape index (κ2) is 9.82. The molecule has 3 aromatic carbocycles. The van der Waals surface area contributed by atoms with Crippen LogP contribution < -0.4 is 10.0 Å². The summed E-state index contributed by atoms with van der Waals surface area (Å²) in [5.41, 5.74) is 2.94. The molecule has 5 rings (SSSR count). The first-order chi connectivity index (χ1) is 16.5. The lowest BCUT2D eigenvalue weighted by atomic mass is 10.0. The van der Waals surface area contributed by atoms with Crippen LogP contribution in [0.15, 0.2) is 65.6 Å². The van der Waals surface area contributed by atoms with Gasteiger partial charge in [0, 0.05) is 28.9 Å². The highest BCUT2D eigenvalue weighted by Crippen LogP contribution is 2.37. The molecule has 1 aliphatic carbocycles. The van der Waals surface area contributed by atoms with Crippen molar-refractivity contribution in [1.29, 1.82) is 0 Å². The van der Waals surface area contributed by atoms with Crippen LogP contribution in [-0.4, -0.2) is 26.5 Å². The highest BCUT2D eigenvalue weighted by Gasteiger charge is 2.20. The summed E-state index contributed by atoms with van der Waals surface area (Å²) in [6.45, 7) is 1.06. The molecule has 1 aliphatic rings. The van der Waals surface area contributed by atoms with Crippen LogP contribution in [0.3, 0.4) is 0 Å². The third-order valence-corrected chi connectivity index (χ3v) is 8.68. The summed E-state index contributed by atoms with van der Waals surface area (Å²) in [6.07, 6.45) is 4.42. The summed E-state index contributed by atoms with van der Waals surface area (Å²) in [4.78, 5) is 6.25. The van der Waals surface area contributed by atoms with Gasteiger partial charge < -0.3 is 5.32 Å². The standard InChI is InChI=1S/C26H26FN3O2S2/c27-20-14-13-19-8-5-11-23-25(22(19)17-20)30-26(33-23)28-15-3-4-16-29-34(31,32)24-12-6-9-18-7-1-2-10-21(18)24/h1-2,6-7,9-10,12-14,17,29H,3-5,8,11,15-16H2,(H,28,30). The van der Waals surface area contributed by atoms with Crippen molar-refractivity contribution in [2.24, 2.45) is 0 Å². The summed E-state index contributed by atoms with van der Waals surface area (Å²) in [5, 5.41) is 5.82. The van der Waals surface area contributed by atoms with E-state index in [-0.39, 0.29) is 5.82 Å². The number of thiazole rings is 1. The topological polar surface area (TPSA) is 71.1 Å². The van der Waals surface area contributed by atoms with Gasteiger partial charge in [-0.2, -0.15) is 0 Å². The molecule has 176 valence electrons. The summed E-state index contributed by atoms with van der Waals surface area (Å²) >= 11 is 1.63. The molecule has 0 spiro atoms. The van der Waals surface area contributed by atoms with Crippen LogP contribution in [0.5, 0.6) is 0 Å². The number of aryl methyl sites for hydroxylation is 2. The van der Waals surface area contributed by atoms with E-state index in [4.69, 9.17) is 4.98 Å². The van der Waals surface area contributed by atoms with E-state index in [1.165, 1.54) is 10.9 Å². The Kier molecular flexibility index (Phi) is 6.63. The number of rotatable bonds is 8. The normalized spacial score (nSPS) is 13.3. The van der Waals surface area contributed by atoms with E-state index in [2.05, 4.69) is 10.0 Å². The van der Waals surface area contributed by atoms with Gasteiger partial charge in [-0.25, -0.2) is 22.5 Å². The highest BCUT2D eigenvalue weighted by atomic mass is 32.2. The third kappa shape index (κ3) is 4.85. The lowest BCUT2D eigenvalue weighted by molar-refractivity contribution is 0.578. The molecule has 8 heteroatoms. The number of halogens is 1. The van der Waals surface area contributed by atoms with E-state index in [0.717, 1.165) is 58.4 Å². The molecule has 0 saturated carbocycles. The molecular weight excluding hydrogens is 469 g/mol. The lowest BCUT2D eigenvalue weighted by Gasteiger charge is -2.10. The summed E-state index contributed by atoms with van der Waals surface area (Å²) in [5.74, 6) is -0.236. The average molecular weight is 496 g/mol. The Bertz CT molecular complexity index is 1430. The molecule has 0 saturated heterocycles. The summed E-state index contributed by atoms with van der Waals surface area (Å²) in [7, 11) is -3.58. The second-order valence-corrected chi connectivity index (χ2v) is 11.3. The molecule has 0 unspecified atom stereocenters. The fourth-order valence-electron chi connectivity index (χ4n) is 4.39. The first-order valence-electron chi connectivity index (χ1n) is 11.5. The van der Waals surface area contributed by atoms with Crippen LogP contribution in [0, 0.1) is 5.82 Å². The summed E-state index contributed by atoms with van der Waals surface area (Å²) < 4.78 is 42.2. The number of nitrogens with one attached hydrogen (secondary N) is 2. The third-order valence-electron chi connectivity index (χ3n) is 6.09. The van der Waals surface area contributed by atoms with Crippen molar-refractivity contribution in [2.45, 2.75) is 37.0 Å². The minimum atomic E-state index is -3.58. The van der Waals surface area contributed by atoms with E-state index in [9.17, 15) is 12.8 Å². The predicted molar refractivity (Wildman–Crippen MR) is 136 cm³/mol. The molecule has 0 amide bonds. The number of aromatic nitrogens is 1. The molecule has 1 heterocycles. The summed E-state index contributed by atoms with van der Waals surface area (Å²) in [6, 6.07) is 17.8. The van der Waals surface area contributed by atoms with Gasteiger partial charge in [0.2, 0.25) is 10.0 Å². The van der Waals surface area contributed by atoms with Gasteiger partial charge in [-0.3, -0.25) is 0 Å². The van der Waals surface area contributed by atoms with Gasteiger partial charge in [-0.1, -0.05) is 42.5 Å². The first kappa shape index (κ1) is 23.0. The number of hydrogen-bond acceptors (Lipinski definition) is 5. The van der Waals surface area contributed by atoms with E-state index in [0.29, 0.717) is 24.4 Å².